The Morgan fingerprint density at radius 2 is 2.44 bits per heavy atom. The highest BCUT2D eigenvalue weighted by atomic mass is 32.2. The summed E-state index contributed by atoms with van der Waals surface area (Å²) in [5, 5.41) is 7.71. The maximum atomic E-state index is 4.30. The monoisotopic (exact) mass is 239 g/mol. The molecule has 1 aromatic heterocycles. The first-order chi connectivity index (χ1) is 7.74. The van der Waals surface area contributed by atoms with Crippen molar-refractivity contribution in [3.63, 3.8) is 0 Å². The molecule has 0 saturated carbocycles. The van der Waals surface area contributed by atoms with Gasteiger partial charge in [-0.1, -0.05) is 6.08 Å². The van der Waals surface area contributed by atoms with Crippen molar-refractivity contribution in [2.75, 3.05) is 18.1 Å². The average Bonchev–Trinajstić information content (AvgIpc) is 2.72. The minimum absolute atomic E-state index is 0.442. The SMILES string of the molecule is C=CCSCCNCc1cnn(C(C)C)c1. The van der Waals surface area contributed by atoms with E-state index in [2.05, 4.69) is 37.0 Å². The van der Waals surface area contributed by atoms with Crippen molar-refractivity contribution in [3.05, 3.63) is 30.6 Å². The smallest absolute Gasteiger partial charge is 0.0534 e. The van der Waals surface area contributed by atoms with E-state index in [9.17, 15) is 0 Å². The molecule has 0 radical (unpaired) electrons. The van der Waals surface area contributed by atoms with Crippen molar-refractivity contribution in [1.29, 1.82) is 0 Å². The van der Waals surface area contributed by atoms with Crippen LogP contribution >= 0.6 is 11.8 Å². The predicted octanol–water partition coefficient (Wildman–Crippen LogP) is 2.47. The van der Waals surface area contributed by atoms with Crippen LogP contribution in [0.2, 0.25) is 0 Å². The molecule has 0 fully saturated rings. The van der Waals surface area contributed by atoms with Gasteiger partial charge in [0.25, 0.3) is 0 Å². The van der Waals surface area contributed by atoms with Gasteiger partial charge < -0.3 is 5.32 Å². The topological polar surface area (TPSA) is 29.9 Å². The lowest BCUT2D eigenvalue weighted by Crippen LogP contribution is -2.16. The van der Waals surface area contributed by atoms with Crippen LogP contribution in [0.25, 0.3) is 0 Å². The van der Waals surface area contributed by atoms with Crippen LogP contribution in [0.4, 0.5) is 0 Å². The van der Waals surface area contributed by atoms with E-state index in [1.54, 1.807) is 0 Å². The van der Waals surface area contributed by atoms with E-state index in [1.165, 1.54) is 5.56 Å². The number of aromatic nitrogens is 2. The summed E-state index contributed by atoms with van der Waals surface area (Å²) in [5.41, 5.74) is 1.25. The van der Waals surface area contributed by atoms with Gasteiger partial charge in [0.1, 0.15) is 0 Å². The van der Waals surface area contributed by atoms with Crippen LogP contribution < -0.4 is 5.32 Å². The van der Waals surface area contributed by atoms with Gasteiger partial charge in [-0.3, -0.25) is 4.68 Å². The highest BCUT2D eigenvalue weighted by molar-refractivity contribution is 7.99. The van der Waals surface area contributed by atoms with Gasteiger partial charge in [0.2, 0.25) is 0 Å². The van der Waals surface area contributed by atoms with E-state index in [1.807, 2.05) is 28.7 Å². The third-order valence-corrected chi connectivity index (χ3v) is 3.14. The van der Waals surface area contributed by atoms with Crippen LogP contribution in [0.1, 0.15) is 25.5 Å². The fourth-order valence-corrected chi connectivity index (χ4v) is 1.92. The number of rotatable bonds is 8. The molecule has 4 heteroatoms. The maximum Gasteiger partial charge on any atom is 0.0534 e. The van der Waals surface area contributed by atoms with Crippen LogP contribution in [0.3, 0.4) is 0 Å². The molecule has 0 atom stereocenters. The summed E-state index contributed by atoms with van der Waals surface area (Å²) < 4.78 is 1.99. The molecule has 16 heavy (non-hydrogen) atoms. The van der Waals surface area contributed by atoms with E-state index < -0.39 is 0 Å². The van der Waals surface area contributed by atoms with Crippen molar-refractivity contribution >= 4 is 11.8 Å². The first kappa shape index (κ1) is 13.3. The Bertz CT molecular complexity index is 307. The van der Waals surface area contributed by atoms with Crippen molar-refractivity contribution in [2.45, 2.75) is 26.4 Å². The van der Waals surface area contributed by atoms with Gasteiger partial charge in [-0.15, -0.1) is 6.58 Å². The number of hydrogen-bond acceptors (Lipinski definition) is 3. The Kier molecular flexibility index (Phi) is 6.26. The molecule has 1 aromatic rings. The number of nitrogens with one attached hydrogen (secondary N) is 1. The quantitative estimate of drug-likeness (QED) is 0.558. The van der Waals surface area contributed by atoms with Gasteiger partial charge in [-0.05, 0) is 13.8 Å². The molecule has 0 amide bonds. The Morgan fingerprint density at radius 3 is 3.06 bits per heavy atom. The van der Waals surface area contributed by atoms with Crippen LogP contribution in [-0.2, 0) is 6.54 Å². The molecular formula is C12H21N3S. The van der Waals surface area contributed by atoms with Crippen molar-refractivity contribution in [2.24, 2.45) is 0 Å². The maximum absolute atomic E-state index is 4.30. The first-order valence-corrected chi connectivity index (χ1v) is 6.82. The van der Waals surface area contributed by atoms with E-state index in [4.69, 9.17) is 0 Å². The third kappa shape index (κ3) is 4.86. The van der Waals surface area contributed by atoms with Gasteiger partial charge in [0, 0.05) is 42.4 Å². The molecule has 0 aliphatic heterocycles. The van der Waals surface area contributed by atoms with Gasteiger partial charge in [0.05, 0.1) is 6.20 Å². The normalized spacial score (nSPS) is 10.9. The average molecular weight is 239 g/mol. The summed E-state index contributed by atoms with van der Waals surface area (Å²) >= 11 is 1.90. The molecule has 0 bridgehead atoms. The minimum Gasteiger partial charge on any atom is -0.312 e. The number of hydrogen-bond donors (Lipinski definition) is 1. The summed E-state index contributed by atoms with van der Waals surface area (Å²) in [5.74, 6) is 2.16. The largest absolute Gasteiger partial charge is 0.312 e. The Hall–Kier alpha value is -0.740. The molecule has 0 unspecified atom stereocenters. The number of thioether (sulfide) groups is 1. The fourth-order valence-electron chi connectivity index (χ4n) is 1.29. The van der Waals surface area contributed by atoms with E-state index >= 15 is 0 Å². The van der Waals surface area contributed by atoms with Gasteiger partial charge in [0.15, 0.2) is 0 Å². The minimum atomic E-state index is 0.442. The zero-order valence-electron chi connectivity index (χ0n) is 10.1. The van der Waals surface area contributed by atoms with Crippen LogP contribution in [-0.4, -0.2) is 27.8 Å². The van der Waals surface area contributed by atoms with Gasteiger partial charge >= 0.3 is 0 Å². The zero-order valence-corrected chi connectivity index (χ0v) is 11.0. The second-order valence-electron chi connectivity index (χ2n) is 3.96. The standard InChI is InChI=1S/C12H21N3S/c1-4-6-16-7-5-13-8-12-9-14-15(10-12)11(2)3/h4,9-11,13H,1,5-8H2,2-3H3. The van der Waals surface area contributed by atoms with Crippen molar-refractivity contribution in [1.82, 2.24) is 15.1 Å². The molecule has 0 spiro atoms. The third-order valence-electron chi connectivity index (χ3n) is 2.17. The lowest BCUT2D eigenvalue weighted by Gasteiger charge is -2.04. The molecule has 3 nitrogen and oxygen atoms in total. The molecule has 0 saturated heterocycles. The fraction of sp³-hybridized carbons (Fsp3) is 0.583. The van der Waals surface area contributed by atoms with Crippen molar-refractivity contribution < 1.29 is 0 Å². The highest BCUT2D eigenvalue weighted by Gasteiger charge is 2.00. The van der Waals surface area contributed by atoms with E-state index in [0.29, 0.717) is 6.04 Å². The van der Waals surface area contributed by atoms with E-state index in [0.717, 1.165) is 24.6 Å². The second kappa shape index (κ2) is 7.52. The second-order valence-corrected chi connectivity index (χ2v) is 5.11. The highest BCUT2D eigenvalue weighted by Crippen LogP contribution is 2.05. The molecule has 1 heterocycles. The molecule has 0 aromatic carbocycles. The van der Waals surface area contributed by atoms with Crippen LogP contribution in [0.5, 0.6) is 0 Å². The Morgan fingerprint density at radius 1 is 1.62 bits per heavy atom. The lowest BCUT2D eigenvalue weighted by atomic mass is 10.3. The summed E-state index contributed by atoms with van der Waals surface area (Å²) in [6, 6.07) is 0.442. The molecule has 90 valence electrons. The molecular weight excluding hydrogens is 218 g/mol. The summed E-state index contributed by atoms with van der Waals surface area (Å²) in [4.78, 5) is 0. The first-order valence-electron chi connectivity index (χ1n) is 5.66. The molecule has 0 aliphatic carbocycles. The summed E-state index contributed by atoms with van der Waals surface area (Å²) in [6.07, 6.45) is 5.98. The summed E-state index contributed by atoms with van der Waals surface area (Å²) in [7, 11) is 0. The zero-order chi connectivity index (χ0) is 11.8. The number of nitrogens with zero attached hydrogens (tertiary/aromatic N) is 2. The lowest BCUT2D eigenvalue weighted by molar-refractivity contribution is 0.531. The molecule has 1 N–H and O–H groups in total. The molecule has 1 rings (SSSR count). The predicted molar refractivity (Wildman–Crippen MR) is 71.8 cm³/mol. The van der Waals surface area contributed by atoms with Crippen molar-refractivity contribution in [3.8, 4) is 0 Å². The molecule has 0 aliphatic rings. The van der Waals surface area contributed by atoms with Gasteiger partial charge in [-0.2, -0.15) is 16.9 Å². The van der Waals surface area contributed by atoms with Crippen LogP contribution in [0.15, 0.2) is 25.0 Å². The Balaban J connectivity index is 2.14. The summed E-state index contributed by atoms with van der Waals surface area (Å²) in [6.45, 7) is 9.90. The van der Waals surface area contributed by atoms with E-state index in [-0.39, 0.29) is 0 Å². The Labute approximate surface area is 102 Å². The van der Waals surface area contributed by atoms with Gasteiger partial charge in [-0.25, -0.2) is 0 Å². The van der Waals surface area contributed by atoms with Crippen LogP contribution in [0, 0.1) is 0 Å².